The van der Waals surface area contributed by atoms with Crippen molar-refractivity contribution in [1.82, 2.24) is 10.5 Å². The monoisotopic (exact) mass is 250 g/mol. The SMILES string of the molecule is Cc1noc(C)c1C(=O)NC1CCCCCCC1. The number of amides is 1. The molecule has 0 bridgehead atoms. The molecule has 0 saturated heterocycles. The van der Waals surface area contributed by atoms with Gasteiger partial charge >= 0.3 is 0 Å². The number of aryl methyl sites for hydroxylation is 2. The normalized spacial score (nSPS) is 18.1. The third kappa shape index (κ3) is 3.12. The Morgan fingerprint density at radius 2 is 1.78 bits per heavy atom. The van der Waals surface area contributed by atoms with Crippen molar-refractivity contribution in [3.63, 3.8) is 0 Å². The number of nitrogens with one attached hydrogen (secondary N) is 1. The molecular formula is C14H22N2O2. The summed E-state index contributed by atoms with van der Waals surface area (Å²) in [6.07, 6.45) is 8.53. The summed E-state index contributed by atoms with van der Waals surface area (Å²) in [6.45, 7) is 3.59. The van der Waals surface area contributed by atoms with E-state index in [1.807, 2.05) is 6.92 Å². The average molecular weight is 250 g/mol. The molecule has 0 atom stereocenters. The summed E-state index contributed by atoms with van der Waals surface area (Å²) in [5.74, 6) is 0.577. The van der Waals surface area contributed by atoms with E-state index in [4.69, 9.17) is 4.52 Å². The van der Waals surface area contributed by atoms with Gasteiger partial charge in [-0.25, -0.2) is 0 Å². The molecule has 1 amide bonds. The lowest BCUT2D eigenvalue weighted by Crippen LogP contribution is -2.35. The Morgan fingerprint density at radius 3 is 2.33 bits per heavy atom. The molecule has 1 aromatic heterocycles. The Labute approximate surface area is 108 Å². The molecule has 2 rings (SSSR count). The molecule has 1 saturated carbocycles. The van der Waals surface area contributed by atoms with E-state index in [0.29, 0.717) is 23.1 Å². The van der Waals surface area contributed by atoms with Gasteiger partial charge in [0.05, 0.1) is 5.69 Å². The molecule has 4 heteroatoms. The molecular weight excluding hydrogens is 228 g/mol. The summed E-state index contributed by atoms with van der Waals surface area (Å²) in [5.41, 5.74) is 1.29. The fourth-order valence-electron chi connectivity index (χ4n) is 2.67. The smallest absolute Gasteiger partial charge is 0.257 e. The zero-order chi connectivity index (χ0) is 13.0. The Kier molecular flexibility index (Phi) is 4.39. The van der Waals surface area contributed by atoms with E-state index in [2.05, 4.69) is 10.5 Å². The molecule has 1 aliphatic carbocycles. The van der Waals surface area contributed by atoms with Gasteiger partial charge in [0.25, 0.3) is 5.91 Å². The lowest BCUT2D eigenvalue weighted by Gasteiger charge is -2.20. The van der Waals surface area contributed by atoms with Crippen LogP contribution in [0.1, 0.15) is 66.8 Å². The molecule has 0 radical (unpaired) electrons. The van der Waals surface area contributed by atoms with Gasteiger partial charge in [0.2, 0.25) is 0 Å². The summed E-state index contributed by atoms with van der Waals surface area (Å²) >= 11 is 0. The third-order valence-electron chi connectivity index (χ3n) is 3.70. The highest BCUT2D eigenvalue weighted by Gasteiger charge is 2.20. The second-order valence-corrected chi connectivity index (χ2v) is 5.21. The largest absolute Gasteiger partial charge is 0.361 e. The molecule has 1 heterocycles. The summed E-state index contributed by atoms with van der Waals surface area (Å²) in [6, 6.07) is 0.312. The Balaban J connectivity index is 1.97. The summed E-state index contributed by atoms with van der Waals surface area (Å²) < 4.78 is 5.04. The highest BCUT2D eigenvalue weighted by atomic mass is 16.5. The van der Waals surface area contributed by atoms with Gasteiger partial charge in [-0.1, -0.05) is 37.3 Å². The average Bonchev–Trinajstić information content (AvgIpc) is 2.62. The highest BCUT2D eigenvalue weighted by molar-refractivity contribution is 5.96. The van der Waals surface area contributed by atoms with E-state index in [-0.39, 0.29) is 5.91 Å². The summed E-state index contributed by atoms with van der Waals surface area (Å²) in [4.78, 5) is 12.2. The minimum Gasteiger partial charge on any atom is -0.361 e. The third-order valence-corrected chi connectivity index (χ3v) is 3.70. The molecule has 1 aliphatic rings. The quantitative estimate of drug-likeness (QED) is 0.877. The van der Waals surface area contributed by atoms with Crippen molar-refractivity contribution in [2.24, 2.45) is 0 Å². The van der Waals surface area contributed by atoms with Crippen LogP contribution in [-0.2, 0) is 0 Å². The maximum absolute atomic E-state index is 12.2. The molecule has 0 aliphatic heterocycles. The van der Waals surface area contributed by atoms with Crippen molar-refractivity contribution < 1.29 is 9.32 Å². The van der Waals surface area contributed by atoms with E-state index in [0.717, 1.165) is 12.8 Å². The summed E-state index contributed by atoms with van der Waals surface area (Å²) in [5, 5.41) is 6.96. The van der Waals surface area contributed by atoms with Gasteiger partial charge < -0.3 is 9.84 Å². The van der Waals surface area contributed by atoms with Crippen molar-refractivity contribution in [3.8, 4) is 0 Å². The number of nitrogens with zero attached hydrogens (tertiary/aromatic N) is 1. The minimum atomic E-state index is -0.0307. The van der Waals surface area contributed by atoms with Crippen LogP contribution in [0.5, 0.6) is 0 Å². The predicted molar refractivity (Wildman–Crippen MR) is 69.6 cm³/mol. The van der Waals surface area contributed by atoms with Crippen LogP contribution >= 0.6 is 0 Å². The first-order valence-corrected chi connectivity index (χ1v) is 6.92. The van der Waals surface area contributed by atoms with Crippen LogP contribution in [0.4, 0.5) is 0 Å². The Bertz CT molecular complexity index is 384. The summed E-state index contributed by atoms with van der Waals surface area (Å²) in [7, 11) is 0. The van der Waals surface area contributed by atoms with E-state index in [9.17, 15) is 4.79 Å². The van der Waals surface area contributed by atoms with Gasteiger partial charge in [0.15, 0.2) is 0 Å². The topological polar surface area (TPSA) is 55.1 Å². The van der Waals surface area contributed by atoms with Crippen LogP contribution in [0, 0.1) is 13.8 Å². The van der Waals surface area contributed by atoms with Crippen molar-refractivity contribution in [2.45, 2.75) is 64.8 Å². The molecule has 100 valence electrons. The standard InChI is InChI=1S/C14H22N2O2/c1-10-13(11(2)18-16-10)14(17)15-12-8-6-4-3-5-7-9-12/h12H,3-9H2,1-2H3,(H,15,17). The molecule has 4 nitrogen and oxygen atoms in total. The number of hydrogen-bond acceptors (Lipinski definition) is 3. The molecule has 18 heavy (non-hydrogen) atoms. The van der Waals surface area contributed by atoms with Gasteiger partial charge in [-0.15, -0.1) is 0 Å². The highest BCUT2D eigenvalue weighted by Crippen LogP contribution is 2.18. The van der Waals surface area contributed by atoms with Crippen molar-refractivity contribution in [1.29, 1.82) is 0 Å². The van der Waals surface area contributed by atoms with E-state index >= 15 is 0 Å². The van der Waals surface area contributed by atoms with Gasteiger partial charge in [-0.05, 0) is 26.7 Å². The van der Waals surface area contributed by atoms with Crippen LogP contribution in [0.2, 0.25) is 0 Å². The molecule has 1 fully saturated rings. The van der Waals surface area contributed by atoms with Crippen LogP contribution in [0.3, 0.4) is 0 Å². The Morgan fingerprint density at radius 1 is 1.17 bits per heavy atom. The van der Waals surface area contributed by atoms with Gasteiger partial charge in [0, 0.05) is 6.04 Å². The second kappa shape index (κ2) is 6.03. The van der Waals surface area contributed by atoms with Gasteiger partial charge in [-0.2, -0.15) is 0 Å². The van der Waals surface area contributed by atoms with Crippen LogP contribution in [-0.4, -0.2) is 17.1 Å². The first-order chi connectivity index (χ1) is 8.68. The number of carbonyl (C=O) groups is 1. The van der Waals surface area contributed by atoms with E-state index in [1.54, 1.807) is 6.92 Å². The van der Waals surface area contributed by atoms with Gasteiger partial charge in [-0.3, -0.25) is 4.79 Å². The van der Waals surface area contributed by atoms with Crippen LogP contribution in [0.25, 0.3) is 0 Å². The number of hydrogen-bond donors (Lipinski definition) is 1. The minimum absolute atomic E-state index is 0.0307. The first-order valence-electron chi connectivity index (χ1n) is 6.92. The number of aromatic nitrogens is 1. The molecule has 0 unspecified atom stereocenters. The van der Waals surface area contributed by atoms with Crippen molar-refractivity contribution in [3.05, 3.63) is 17.0 Å². The fraction of sp³-hybridized carbons (Fsp3) is 0.714. The lowest BCUT2D eigenvalue weighted by atomic mass is 9.96. The zero-order valence-electron chi connectivity index (χ0n) is 11.3. The van der Waals surface area contributed by atoms with E-state index < -0.39 is 0 Å². The van der Waals surface area contributed by atoms with Crippen LogP contribution in [0.15, 0.2) is 4.52 Å². The lowest BCUT2D eigenvalue weighted by molar-refractivity contribution is 0.0928. The molecule has 0 spiro atoms. The van der Waals surface area contributed by atoms with Gasteiger partial charge in [0.1, 0.15) is 11.3 Å². The van der Waals surface area contributed by atoms with Crippen LogP contribution < -0.4 is 5.32 Å². The molecule has 1 aromatic rings. The maximum atomic E-state index is 12.2. The number of rotatable bonds is 2. The Hall–Kier alpha value is -1.32. The van der Waals surface area contributed by atoms with Crippen molar-refractivity contribution >= 4 is 5.91 Å². The van der Waals surface area contributed by atoms with E-state index in [1.165, 1.54) is 32.1 Å². The zero-order valence-corrected chi connectivity index (χ0v) is 11.3. The molecule has 1 N–H and O–H groups in total. The number of carbonyl (C=O) groups excluding carboxylic acids is 1. The fourth-order valence-corrected chi connectivity index (χ4v) is 2.67. The maximum Gasteiger partial charge on any atom is 0.257 e. The second-order valence-electron chi connectivity index (χ2n) is 5.21. The van der Waals surface area contributed by atoms with Crippen molar-refractivity contribution in [2.75, 3.05) is 0 Å². The molecule has 0 aromatic carbocycles. The predicted octanol–water partition coefficient (Wildman–Crippen LogP) is 3.13. The first kappa shape index (κ1) is 13.1.